The zero-order valence-corrected chi connectivity index (χ0v) is 20.5. The third-order valence-corrected chi connectivity index (χ3v) is 4.92. The minimum Gasteiger partial charge on any atom is -0.443 e. The van der Waals surface area contributed by atoms with E-state index in [0.29, 0.717) is 42.7 Å². The summed E-state index contributed by atoms with van der Waals surface area (Å²) >= 11 is 0. The number of carbonyl (C=O) groups is 1. The standard InChI is InChI=1S/C24H31N7O4/c1-5-33-16-10-15-24(2,3)35-23(32)26-20-14-9-13-19(25-20)17-34-28-21(18-11-7-6-8-12-18)22-27-29-30-31(22)4/h6-9,11-14H,5,10,15-17H2,1-4H3,(H,25,26,32). The summed E-state index contributed by atoms with van der Waals surface area (Å²) in [5, 5.41) is 18.5. The van der Waals surface area contributed by atoms with Crippen LogP contribution in [-0.2, 0) is 28.0 Å². The van der Waals surface area contributed by atoms with E-state index in [2.05, 4.69) is 31.0 Å². The normalized spacial score (nSPS) is 11.8. The molecule has 0 atom stereocenters. The van der Waals surface area contributed by atoms with Crippen LogP contribution in [-0.4, -0.2) is 55.8 Å². The number of pyridine rings is 1. The molecule has 2 heterocycles. The Morgan fingerprint density at radius 2 is 1.94 bits per heavy atom. The number of ether oxygens (including phenoxy) is 2. The Kier molecular flexibility index (Phi) is 9.24. The summed E-state index contributed by atoms with van der Waals surface area (Å²) in [4.78, 5) is 22.4. The maximum Gasteiger partial charge on any atom is 0.413 e. The summed E-state index contributed by atoms with van der Waals surface area (Å²) in [6.07, 6.45) is 0.913. The van der Waals surface area contributed by atoms with Crippen LogP contribution in [0, 0.1) is 0 Å². The molecule has 0 saturated heterocycles. The molecule has 0 unspecified atom stereocenters. The molecule has 1 amide bonds. The number of hydrogen-bond acceptors (Lipinski definition) is 9. The summed E-state index contributed by atoms with van der Waals surface area (Å²) in [5.41, 5.74) is 1.24. The summed E-state index contributed by atoms with van der Waals surface area (Å²) in [5.74, 6) is 0.817. The average molecular weight is 482 g/mol. The summed E-state index contributed by atoms with van der Waals surface area (Å²) in [7, 11) is 1.73. The third-order valence-electron chi connectivity index (χ3n) is 4.92. The molecule has 186 valence electrons. The van der Waals surface area contributed by atoms with Crippen molar-refractivity contribution in [2.75, 3.05) is 18.5 Å². The lowest BCUT2D eigenvalue weighted by atomic mass is 10.0. The fourth-order valence-corrected chi connectivity index (χ4v) is 3.22. The maximum atomic E-state index is 12.4. The molecule has 0 saturated carbocycles. The number of nitrogens with zero attached hydrogens (tertiary/aromatic N) is 6. The van der Waals surface area contributed by atoms with Crippen LogP contribution in [0.5, 0.6) is 0 Å². The predicted molar refractivity (Wildman–Crippen MR) is 130 cm³/mol. The number of nitrogens with one attached hydrogen (secondary N) is 1. The van der Waals surface area contributed by atoms with Crippen LogP contribution >= 0.6 is 0 Å². The Labute approximate surface area is 204 Å². The van der Waals surface area contributed by atoms with Crippen LogP contribution in [0.4, 0.5) is 10.6 Å². The maximum absolute atomic E-state index is 12.4. The van der Waals surface area contributed by atoms with Gasteiger partial charge in [0, 0.05) is 25.8 Å². The molecule has 3 rings (SSSR count). The quantitative estimate of drug-likeness (QED) is 0.236. The second-order valence-corrected chi connectivity index (χ2v) is 8.29. The van der Waals surface area contributed by atoms with Crippen molar-refractivity contribution in [1.82, 2.24) is 25.2 Å². The average Bonchev–Trinajstić information content (AvgIpc) is 3.25. The minimum atomic E-state index is -0.626. The van der Waals surface area contributed by atoms with Gasteiger partial charge in [-0.15, -0.1) is 5.10 Å². The van der Waals surface area contributed by atoms with Gasteiger partial charge in [0.1, 0.15) is 11.4 Å². The molecule has 0 aliphatic rings. The predicted octanol–water partition coefficient (Wildman–Crippen LogP) is 3.72. The Bertz CT molecular complexity index is 1120. The molecule has 3 aromatic rings. The highest BCUT2D eigenvalue weighted by molar-refractivity contribution is 6.10. The number of benzene rings is 1. The van der Waals surface area contributed by atoms with Crippen LogP contribution in [0.1, 0.15) is 50.7 Å². The van der Waals surface area contributed by atoms with Crippen molar-refractivity contribution in [3.05, 3.63) is 65.6 Å². The molecular weight excluding hydrogens is 450 g/mol. The topological polar surface area (TPSA) is 126 Å². The smallest absolute Gasteiger partial charge is 0.413 e. The molecule has 0 aliphatic heterocycles. The van der Waals surface area contributed by atoms with Gasteiger partial charge in [-0.05, 0) is 56.2 Å². The SMILES string of the molecule is CCOCCCC(C)(C)OC(=O)Nc1cccc(CON=C(c2ccccc2)c2nnnn2C)n1. The molecule has 0 aliphatic carbocycles. The van der Waals surface area contributed by atoms with Gasteiger partial charge in [-0.25, -0.2) is 14.5 Å². The van der Waals surface area contributed by atoms with Crippen molar-refractivity contribution in [1.29, 1.82) is 0 Å². The Hall–Kier alpha value is -3.86. The third kappa shape index (κ3) is 8.14. The van der Waals surface area contributed by atoms with Crippen molar-refractivity contribution >= 4 is 17.6 Å². The first-order valence-electron chi connectivity index (χ1n) is 11.4. The molecular formula is C24H31N7O4. The Balaban J connectivity index is 1.60. The molecule has 1 aromatic carbocycles. The molecule has 0 radical (unpaired) electrons. The largest absolute Gasteiger partial charge is 0.443 e. The van der Waals surface area contributed by atoms with Gasteiger partial charge >= 0.3 is 6.09 Å². The van der Waals surface area contributed by atoms with Crippen LogP contribution in [0.3, 0.4) is 0 Å². The van der Waals surface area contributed by atoms with Crippen LogP contribution in [0.2, 0.25) is 0 Å². The number of rotatable bonds is 12. The zero-order chi connectivity index (χ0) is 25.1. The number of tetrazole rings is 1. The van der Waals surface area contributed by atoms with E-state index >= 15 is 0 Å². The number of carbonyl (C=O) groups excluding carboxylic acids is 1. The van der Waals surface area contributed by atoms with Gasteiger partial charge < -0.3 is 14.3 Å². The molecule has 2 aromatic heterocycles. The number of hydrogen-bond donors (Lipinski definition) is 1. The first-order valence-corrected chi connectivity index (χ1v) is 11.4. The minimum absolute atomic E-state index is 0.0785. The first-order chi connectivity index (χ1) is 16.9. The van der Waals surface area contributed by atoms with E-state index in [0.717, 1.165) is 12.0 Å². The van der Waals surface area contributed by atoms with Crippen molar-refractivity contribution in [3.8, 4) is 0 Å². The van der Waals surface area contributed by atoms with Crippen LogP contribution in [0.25, 0.3) is 0 Å². The number of oxime groups is 1. The molecule has 0 spiro atoms. The van der Waals surface area contributed by atoms with E-state index < -0.39 is 11.7 Å². The van der Waals surface area contributed by atoms with E-state index in [1.54, 1.807) is 25.2 Å². The van der Waals surface area contributed by atoms with Crippen molar-refractivity contribution in [2.24, 2.45) is 12.2 Å². The second kappa shape index (κ2) is 12.6. The molecule has 0 bridgehead atoms. The van der Waals surface area contributed by atoms with Crippen molar-refractivity contribution in [3.63, 3.8) is 0 Å². The number of aromatic nitrogens is 5. The van der Waals surface area contributed by atoms with Gasteiger partial charge in [0.2, 0.25) is 5.82 Å². The summed E-state index contributed by atoms with van der Waals surface area (Å²) < 4.78 is 12.4. The molecule has 11 heteroatoms. The van der Waals surface area contributed by atoms with E-state index in [9.17, 15) is 4.79 Å². The fraction of sp³-hybridized carbons (Fsp3) is 0.417. The van der Waals surface area contributed by atoms with Gasteiger partial charge in [-0.2, -0.15) is 0 Å². The van der Waals surface area contributed by atoms with E-state index in [4.69, 9.17) is 14.3 Å². The molecule has 0 fully saturated rings. The lowest BCUT2D eigenvalue weighted by Gasteiger charge is -2.25. The highest BCUT2D eigenvalue weighted by Crippen LogP contribution is 2.18. The molecule has 35 heavy (non-hydrogen) atoms. The van der Waals surface area contributed by atoms with E-state index in [-0.39, 0.29) is 6.61 Å². The van der Waals surface area contributed by atoms with Gasteiger partial charge in [0.25, 0.3) is 0 Å². The van der Waals surface area contributed by atoms with Gasteiger partial charge in [-0.1, -0.05) is 41.6 Å². The van der Waals surface area contributed by atoms with E-state index in [1.807, 2.05) is 51.1 Å². The lowest BCUT2D eigenvalue weighted by molar-refractivity contribution is 0.0323. The lowest BCUT2D eigenvalue weighted by Crippen LogP contribution is -2.31. The van der Waals surface area contributed by atoms with Crippen molar-refractivity contribution < 1.29 is 19.1 Å². The van der Waals surface area contributed by atoms with Gasteiger partial charge in [0.05, 0.1) is 5.69 Å². The second-order valence-electron chi connectivity index (χ2n) is 8.29. The number of amides is 1. The van der Waals surface area contributed by atoms with E-state index in [1.165, 1.54) is 4.68 Å². The molecule has 11 nitrogen and oxygen atoms in total. The fourth-order valence-electron chi connectivity index (χ4n) is 3.22. The van der Waals surface area contributed by atoms with Crippen molar-refractivity contribution in [2.45, 2.75) is 45.8 Å². The van der Waals surface area contributed by atoms with Crippen LogP contribution < -0.4 is 5.32 Å². The number of aryl methyl sites for hydroxylation is 1. The van der Waals surface area contributed by atoms with Gasteiger partial charge in [0.15, 0.2) is 12.3 Å². The first kappa shape index (κ1) is 25.8. The monoisotopic (exact) mass is 481 g/mol. The number of anilines is 1. The van der Waals surface area contributed by atoms with Gasteiger partial charge in [-0.3, -0.25) is 5.32 Å². The Morgan fingerprint density at radius 1 is 1.14 bits per heavy atom. The zero-order valence-electron chi connectivity index (χ0n) is 20.5. The highest BCUT2D eigenvalue weighted by Gasteiger charge is 2.23. The molecule has 1 N–H and O–H groups in total. The van der Waals surface area contributed by atoms with Crippen LogP contribution in [0.15, 0.2) is 53.7 Å². The highest BCUT2D eigenvalue weighted by atomic mass is 16.6. The Morgan fingerprint density at radius 3 is 2.66 bits per heavy atom. The summed E-state index contributed by atoms with van der Waals surface area (Å²) in [6, 6.07) is 14.7. The summed E-state index contributed by atoms with van der Waals surface area (Å²) in [6.45, 7) is 7.07.